The van der Waals surface area contributed by atoms with Crippen LogP contribution in [0.5, 0.6) is 0 Å². The number of rotatable bonds is 79. The Morgan fingerprint density at radius 2 is 0.505 bits per heavy atom. The van der Waals surface area contributed by atoms with Gasteiger partial charge in [0.15, 0.2) is 6.10 Å². The van der Waals surface area contributed by atoms with Crippen molar-refractivity contribution in [1.82, 2.24) is 0 Å². The molecule has 5 unspecified atom stereocenters. The number of carbonyl (C=O) groups is 3. The van der Waals surface area contributed by atoms with Crippen LogP contribution in [-0.2, 0) is 55.8 Å². The van der Waals surface area contributed by atoms with Gasteiger partial charge in [0.1, 0.15) is 25.4 Å². The molecule has 0 radical (unpaired) electrons. The number of phosphoric ester groups is 2. The summed E-state index contributed by atoms with van der Waals surface area (Å²) in [6.07, 6.45) is 106. The fourth-order valence-corrected chi connectivity index (χ4v) is 12.6. The Bertz CT molecular complexity index is 2660. The molecule has 0 spiro atoms. The number of allylic oxidation sites excluding steroid dienone is 28. The summed E-state index contributed by atoms with van der Waals surface area (Å²) >= 11 is 0. The van der Waals surface area contributed by atoms with Gasteiger partial charge in [0.25, 0.3) is 0 Å². The highest BCUT2D eigenvalue weighted by Crippen LogP contribution is 2.45. The molecule has 0 aromatic rings. The highest BCUT2D eigenvalue weighted by Gasteiger charge is 2.29. The van der Waals surface area contributed by atoms with Crippen molar-refractivity contribution in [3.05, 3.63) is 170 Å². The predicted octanol–water partition coefficient (Wildman–Crippen LogP) is 25.5. The van der Waals surface area contributed by atoms with E-state index in [4.69, 9.17) is 32.3 Å². The van der Waals surface area contributed by atoms with E-state index in [1.807, 2.05) is 18.2 Å². The van der Waals surface area contributed by atoms with Crippen LogP contribution in [0.15, 0.2) is 170 Å². The van der Waals surface area contributed by atoms with Gasteiger partial charge in [0.2, 0.25) is 0 Å². The number of ether oxygens (including phenoxy) is 3. The van der Waals surface area contributed by atoms with Crippen LogP contribution in [0.4, 0.5) is 0 Å². The van der Waals surface area contributed by atoms with E-state index >= 15 is 0 Å². The molecule has 0 saturated heterocycles. The molecule has 622 valence electrons. The first-order chi connectivity index (χ1) is 53.2. The Morgan fingerprint density at radius 1 is 0.266 bits per heavy atom. The van der Waals surface area contributed by atoms with Gasteiger partial charge in [-0.15, -0.1) is 0 Å². The molecule has 0 aliphatic carbocycles. The first kappa shape index (κ1) is 104. The van der Waals surface area contributed by atoms with E-state index in [9.17, 15) is 43.5 Å². The SMILES string of the molecule is CC/C=C\C/C=C\C/C=C\C/C=C\C/C=C\C/C=C\CCC(=O)OCC(COP(=O)(O)OCC(O)COP(=O)(O)OCC(O)COC(=O)CCCCCCCCCCCCCCCCCCCCC/C=C\C/C=C\C/C=C\C/C=C\C/C=C\CC)OC(=O)CCCCCCCC/C=C\C/C=C\C/C=C\CCCCC. The highest BCUT2D eigenvalue weighted by atomic mass is 31.2. The van der Waals surface area contributed by atoms with Crippen LogP contribution in [0, 0.1) is 0 Å². The molecule has 0 aliphatic heterocycles. The van der Waals surface area contributed by atoms with Crippen molar-refractivity contribution in [2.45, 2.75) is 347 Å². The quantitative estimate of drug-likeness (QED) is 0.0146. The number of hydrogen-bond donors (Lipinski definition) is 4. The Hall–Kier alpha value is -5.09. The van der Waals surface area contributed by atoms with E-state index in [0.29, 0.717) is 25.7 Å². The number of aliphatic hydroxyl groups excluding tert-OH is 2. The fraction of sp³-hybridized carbons (Fsp3) is 0.659. The van der Waals surface area contributed by atoms with Crippen LogP contribution in [0.3, 0.4) is 0 Å². The number of hydrogen-bond acceptors (Lipinski definition) is 14. The van der Waals surface area contributed by atoms with Crippen molar-refractivity contribution in [2.24, 2.45) is 0 Å². The average molecular weight is 1560 g/mol. The summed E-state index contributed by atoms with van der Waals surface area (Å²) in [5.74, 6) is -1.69. The number of phosphoric acid groups is 2. The second kappa shape index (κ2) is 82.4. The largest absolute Gasteiger partial charge is 0.472 e. The molecule has 4 N–H and O–H groups in total. The molecule has 0 aromatic heterocycles. The summed E-state index contributed by atoms with van der Waals surface area (Å²) < 4.78 is 61.1. The lowest BCUT2D eigenvalue weighted by Crippen LogP contribution is -2.30. The molecular weight excluding hydrogens is 1410 g/mol. The third kappa shape index (κ3) is 83.7. The van der Waals surface area contributed by atoms with Crippen LogP contribution >= 0.6 is 15.6 Å². The maximum atomic E-state index is 13.0. The molecular formula is C91H152O16P2. The minimum atomic E-state index is -4.96. The summed E-state index contributed by atoms with van der Waals surface area (Å²) in [5, 5.41) is 20.7. The third-order valence-electron chi connectivity index (χ3n) is 17.4. The van der Waals surface area contributed by atoms with Gasteiger partial charge in [0, 0.05) is 19.3 Å². The van der Waals surface area contributed by atoms with E-state index < -0.39 is 91.5 Å². The molecule has 0 rings (SSSR count). The zero-order valence-electron chi connectivity index (χ0n) is 68.2. The van der Waals surface area contributed by atoms with E-state index in [1.165, 1.54) is 122 Å². The molecule has 0 bridgehead atoms. The van der Waals surface area contributed by atoms with Crippen molar-refractivity contribution in [3.63, 3.8) is 0 Å². The van der Waals surface area contributed by atoms with Gasteiger partial charge in [-0.3, -0.25) is 32.5 Å². The highest BCUT2D eigenvalue weighted by molar-refractivity contribution is 7.47. The average Bonchev–Trinajstić information content (AvgIpc) is 0.903. The zero-order valence-corrected chi connectivity index (χ0v) is 70.0. The standard InChI is InChI=1S/C91H152O16P2/c1-4-7-10-13-16-19-22-25-28-31-34-35-36-37-38-39-40-41-42-43-44-45-46-47-48-49-52-54-56-59-62-65-68-71-74-77-89(94)101-80-86(92)81-103-108(97,98)104-82-87(93)83-105-109(99,100)106-85-88(107-91(96)79-76-73-70-67-64-61-58-55-51-33-30-27-24-21-18-15-12-9-6-3)84-102-90(95)78-75-72-69-66-63-60-57-53-50-32-29-26-23-20-17-14-11-8-5-2/h7-8,10-11,16-21,25-30,34-35,37-38,50-51,53,55,60,63,69,72,86-88,92-93H,4-6,9,12-15,22-24,31-33,36,39-49,52,54,56-59,61-62,64-68,70-71,73-85H2,1-3H3,(H,97,98)(H,99,100)/b10-7-,11-8-,19-16-,20-17-,21-18-,28-25-,29-26-,30-27-,35-34-,38-37-,53-50-,55-51-,63-60-,72-69-. The number of carbonyl (C=O) groups excluding carboxylic acids is 3. The lowest BCUT2D eigenvalue weighted by Gasteiger charge is -2.21. The molecule has 0 amide bonds. The van der Waals surface area contributed by atoms with Gasteiger partial charge in [0.05, 0.1) is 26.4 Å². The molecule has 109 heavy (non-hydrogen) atoms. The monoisotopic (exact) mass is 1560 g/mol. The van der Waals surface area contributed by atoms with Gasteiger partial charge >= 0.3 is 33.6 Å². The van der Waals surface area contributed by atoms with Gasteiger partial charge in [-0.05, 0) is 141 Å². The Morgan fingerprint density at radius 3 is 0.826 bits per heavy atom. The van der Waals surface area contributed by atoms with Crippen molar-refractivity contribution in [1.29, 1.82) is 0 Å². The third-order valence-corrected chi connectivity index (χ3v) is 19.3. The van der Waals surface area contributed by atoms with Gasteiger partial charge in [-0.1, -0.05) is 339 Å². The topological polar surface area (TPSA) is 231 Å². The zero-order chi connectivity index (χ0) is 79.4. The summed E-state index contributed by atoms with van der Waals surface area (Å²) in [4.78, 5) is 58.7. The van der Waals surface area contributed by atoms with Gasteiger partial charge < -0.3 is 34.2 Å². The molecule has 0 fully saturated rings. The van der Waals surface area contributed by atoms with Crippen LogP contribution in [0.25, 0.3) is 0 Å². The van der Waals surface area contributed by atoms with E-state index in [2.05, 4.69) is 173 Å². The normalized spacial score (nSPS) is 14.7. The lowest BCUT2D eigenvalue weighted by atomic mass is 10.0. The predicted molar refractivity (Wildman–Crippen MR) is 454 cm³/mol. The maximum absolute atomic E-state index is 13.0. The Labute approximate surface area is 662 Å². The summed E-state index contributed by atoms with van der Waals surface area (Å²) in [5.41, 5.74) is 0. The first-order valence-corrected chi connectivity index (χ1v) is 45.4. The maximum Gasteiger partial charge on any atom is 0.472 e. The van der Waals surface area contributed by atoms with E-state index in [0.717, 1.165) is 141 Å². The Kier molecular flexibility index (Phi) is 78.5. The lowest BCUT2D eigenvalue weighted by molar-refractivity contribution is -0.161. The number of aliphatic hydroxyl groups is 2. The number of unbranched alkanes of at least 4 members (excludes halogenated alkanes) is 28. The minimum Gasteiger partial charge on any atom is -0.463 e. The van der Waals surface area contributed by atoms with Crippen LogP contribution in [0.2, 0.25) is 0 Å². The van der Waals surface area contributed by atoms with E-state index in [1.54, 1.807) is 0 Å². The second-order valence-electron chi connectivity index (χ2n) is 27.9. The summed E-state index contributed by atoms with van der Waals surface area (Å²) in [7, 11) is -9.83. The van der Waals surface area contributed by atoms with Gasteiger partial charge in [-0.25, -0.2) is 9.13 Å². The summed E-state index contributed by atoms with van der Waals surface area (Å²) in [6, 6.07) is 0. The Balaban J connectivity index is 4.51. The van der Waals surface area contributed by atoms with Crippen LogP contribution in [0.1, 0.15) is 329 Å². The molecule has 18 heteroatoms. The fourth-order valence-electron chi connectivity index (χ4n) is 11.0. The number of esters is 3. The molecule has 0 heterocycles. The minimum absolute atomic E-state index is 0.0374. The molecule has 0 aliphatic rings. The van der Waals surface area contributed by atoms with Gasteiger partial charge in [-0.2, -0.15) is 0 Å². The van der Waals surface area contributed by atoms with Crippen molar-refractivity contribution in [2.75, 3.05) is 39.6 Å². The molecule has 16 nitrogen and oxygen atoms in total. The van der Waals surface area contributed by atoms with Crippen molar-refractivity contribution in [3.8, 4) is 0 Å². The smallest absolute Gasteiger partial charge is 0.463 e. The molecule has 5 atom stereocenters. The van der Waals surface area contributed by atoms with Crippen LogP contribution < -0.4 is 0 Å². The first-order valence-electron chi connectivity index (χ1n) is 42.4. The molecule has 0 saturated carbocycles. The molecule has 0 aromatic carbocycles. The van der Waals surface area contributed by atoms with Crippen molar-refractivity contribution < 1.29 is 75.8 Å². The van der Waals surface area contributed by atoms with E-state index in [-0.39, 0.29) is 19.3 Å². The summed E-state index contributed by atoms with van der Waals surface area (Å²) in [6.45, 7) is 2.33. The second-order valence-corrected chi connectivity index (χ2v) is 30.8. The van der Waals surface area contributed by atoms with Crippen molar-refractivity contribution >= 4 is 33.6 Å². The van der Waals surface area contributed by atoms with Crippen LogP contribution in [-0.4, -0.2) is 95.9 Å².